The lowest BCUT2D eigenvalue weighted by atomic mass is 9.74. The molecule has 35 heavy (non-hydrogen) atoms. The summed E-state index contributed by atoms with van der Waals surface area (Å²) in [4.78, 5) is 19.4. The third-order valence-electron chi connectivity index (χ3n) is 9.36. The van der Waals surface area contributed by atoms with Crippen LogP contribution in [0.3, 0.4) is 0 Å². The van der Waals surface area contributed by atoms with Gasteiger partial charge in [-0.1, -0.05) is 53.4 Å². The number of carbonyl (C=O) groups is 1. The van der Waals surface area contributed by atoms with Crippen molar-refractivity contribution in [2.24, 2.45) is 17.8 Å². The Balaban J connectivity index is 1.27. The van der Waals surface area contributed by atoms with Crippen molar-refractivity contribution in [1.82, 2.24) is 9.80 Å². The van der Waals surface area contributed by atoms with E-state index in [4.69, 9.17) is 9.47 Å². The Morgan fingerprint density at radius 3 is 2.54 bits per heavy atom. The van der Waals surface area contributed by atoms with Gasteiger partial charge < -0.3 is 14.4 Å². The zero-order chi connectivity index (χ0) is 23.5. The number of fused-ring (bicyclic) bond motifs is 4. The second-order valence-electron chi connectivity index (χ2n) is 11.1. The number of rotatable bonds is 4. The van der Waals surface area contributed by atoms with Crippen LogP contribution in [-0.4, -0.2) is 41.1 Å². The Morgan fingerprint density at radius 1 is 0.914 bits per heavy atom. The molecule has 1 saturated carbocycles. The van der Waals surface area contributed by atoms with Gasteiger partial charge in [0.2, 0.25) is 12.7 Å². The first-order valence-corrected chi connectivity index (χ1v) is 14.2. The summed E-state index contributed by atoms with van der Waals surface area (Å²) >= 11 is 3.60. The number of hydrogen-bond acceptors (Lipinski definition) is 4. The van der Waals surface area contributed by atoms with Crippen molar-refractivity contribution in [1.29, 1.82) is 0 Å². The molecule has 0 radical (unpaired) electrons. The van der Waals surface area contributed by atoms with Crippen molar-refractivity contribution in [3.05, 3.63) is 58.1 Å². The van der Waals surface area contributed by atoms with E-state index in [2.05, 4.69) is 62.1 Å². The Bertz CT molecular complexity index is 1120. The standard InChI is InChI=1S/C29H33BrN2O3/c30-21-11-9-20(10-12-21)28-26-25(22-7-4-14-31(22)28)27(19-5-2-1-3-6-19)32(29(26)33)16-18-8-13-23-24(15-18)35-17-34-23/h8-13,15,19,22,25-28H,1-7,14,16-17H2. The number of carbonyl (C=O) groups excluding carboxylic acids is 1. The minimum absolute atomic E-state index is 0.0578. The lowest BCUT2D eigenvalue weighted by molar-refractivity contribution is -0.134. The van der Waals surface area contributed by atoms with Crippen LogP contribution >= 0.6 is 15.9 Å². The van der Waals surface area contributed by atoms with Crippen LogP contribution in [0.15, 0.2) is 46.9 Å². The van der Waals surface area contributed by atoms with Gasteiger partial charge in [0.25, 0.3) is 0 Å². The highest BCUT2D eigenvalue weighted by atomic mass is 79.9. The predicted octanol–water partition coefficient (Wildman–Crippen LogP) is 5.92. The molecule has 0 N–H and O–H groups in total. The van der Waals surface area contributed by atoms with Crippen LogP contribution in [0.2, 0.25) is 0 Å². The molecule has 4 heterocycles. The molecular formula is C29H33BrN2O3. The van der Waals surface area contributed by atoms with Gasteiger partial charge in [0, 0.05) is 35.1 Å². The summed E-state index contributed by atoms with van der Waals surface area (Å²) in [7, 11) is 0. The third-order valence-corrected chi connectivity index (χ3v) is 9.88. The zero-order valence-electron chi connectivity index (χ0n) is 20.1. The van der Waals surface area contributed by atoms with E-state index in [1.807, 2.05) is 6.07 Å². The molecule has 7 rings (SSSR count). The number of amides is 1. The van der Waals surface area contributed by atoms with Gasteiger partial charge in [-0.2, -0.15) is 0 Å². The molecule has 4 fully saturated rings. The quantitative estimate of drug-likeness (QED) is 0.486. The molecule has 1 amide bonds. The fourth-order valence-electron chi connectivity index (χ4n) is 8.04. The van der Waals surface area contributed by atoms with Gasteiger partial charge in [-0.3, -0.25) is 9.69 Å². The summed E-state index contributed by atoms with van der Waals surface area (Å²) < 4.78 is 12.3. The molecule has 2 aromatic rings. The molecule has 5 aliphatic rings. The van der Waals surface area contributed by atoms with Crippen LogP contribution < -0.4 is 9.47 Å². The number of likely N-dealkylation sites (tertiary alicyclic amines) is 1. The van der Waals surface area contributed by atoms with E-state index in [1.165, 1.54) is 50.5 Å². The number of ether oxygens (including phenoxy) is 2. The maximum atomic E-state index is 14.4. The van der Waals surface area contributed by atoms with Crippen molar-refractivity contribution in [3.63, 3.8) is 0 Å². The fourth-order valence-corrected chi connectivity index (χ4v) is 8.30. The molecule has 2 aromatic carbocycles. The summed E-state index contributed by atoms with van der Waals surface area (Å²) in [6, 6.07) is 16.0. The van der Waals surface area contributed by atoms with E-state index in [0.717, 1.165) is 28.1 Å². The van der Waals surface area contributed by atoms with Crippen LogP contribution in [0, 0.1) is 17.8 Å². The van der Waals surface area contributed by atoms with Crippen LogP contribution in [0.25, 0.3) is 0 Å². The Morgan fingerprint density at radius 2 is 1.71 bits per heavy atom. The Hall–Kier alpha value is -2.05. The highest BCUT2D eigenvalue weighted by Gasteiger charge is 2.63. The zero-order valence-corrected chi connectivity index (χ0v) is 21.7. The topological polar surface area (TPSA) is 42.0 Å². The number of hydrogen-bond donors (Lipinski definition) is 0. The maximum absolute atomic E-state index is 14.4. The van der Waals surface area contributed by atoms with E-state index in [1.54, 1.807) is 0 Å². The van der Waals surface area contributed by atoms with Gasteiger partial charge in [0.1, 0.15) is 0 Å². The molecule has 0 bridgehead atoms. The summed E-state index contributed by atoms with van der Waals surface area (Å²) in [5.74, 6) is 3.07. The lowest BCUT2D eigenvalue weighted by Gasteiger charge is -2.39. The van der Waals surface area contributed by atoms with Crippen molar-refractivity contribution in [3.8, 4) is 11.5 Å². The first-order valence-electron chi connectivity index (χ1n) is 13.4. The lowest BCUT2D eigenvalue weighted by Crippen LogP contribution is -2.46. The second-order valence-corrected chi connectivity index (χ2v) is 12.0. The number of benzene rings is 2. The largest absolute Gasteiger partial charge is 0.454 e. The minimum Gasteiger partial charge on any atom is -0.454 e. The summed E-state index contributed by atoms with van der Waals surface area (Å²) in [6.07, 6.45) is 8.93. The first kappa shape index (κ1) is 22.2. The predicted molar refractivity (Wildman–Crippen MR) is 137 cm³/mol. The molecule has 0 aromatic heterocycles. The van der Waals surface area contributed by atoms with Gasteiger partial charge in [0.15, 0.2) is 11.5 Å². The van der Waals surface area contributed by atoms with Crippen molar-refractivity contribution < 1.29 is 14.3 Å². The van der Waals surface area contributed by atoms with Gasteiger partial charge in [-0.15, -0.1) is 0 Å². The number of nitrogens with zero attached hydrogens (tertiary/aromatic N) is 2. The van der Waals surface area contributed by atoms with E-state index in [-0.39, 0.29) is 18.8 Å². The average molecular weight is 537 g/mol. The minimum atomic E-state index is 0.0578. The van der Waals surface area contributed by atoms with Gasteiger partial charge >= 0.3 is 0 Å². The summed E-state index contributed by atoms with van der Waals surface area (Å²) in [6.45, 7) is 2.07. The number of halogens is 1. The molecule has 1 aliphatic carbocycles. The Kier molecular flexibility index (Phi) is 5.58. The molecule has 5 unspecified atom stereocenters. The molecule has 184 valence electrons. The van der Waals surface area contributed by atoms with E-state index >= 15 is 0 Å². The van der Waals surface area contributed by atoms with Crippen molar-refractivity contribution in [2.75, 3.05) is 13.3 Å². The molecule has 6 heteroatoms. The molecule has 5 atom stereocenters. The van der Waals surface area contributed by atoms with Gasteiger partial charge in [-0.25, -0.2) is 0 Å². The van der Waals surface area contributed by atoms with E-state index in [0.29, 0.717) is 36.4 Å². The summed E-state index contributed by atoms with van der Waals surface area (Å²) in [5.41, 5.74) is 2.44. The van der Waals surface area contributed by atoms with Crippen LogP contribution in [0.4, 0.5) is 0 Å². The van der Waals surface area contributed by atoms with Crippen molar-refractivity contribution in [2.45, 2.75) is 69.6 Å². The second kappa shape index (κ2) is 8.81. The molecule has 5 nitrogen and oxygen atoms in total. The smallest absolute Gasteiger partial charge is 0.231 e. The first-order chi connectivity index (χ1) is 17.2. The van der Waals surface area contributed by atoms with E-state index in [9.17, 15) is 4.79 Å². The highest BCUT2D eigenvalue weighted by Crippen LogP contribution is 2.57. The SMILES string of the molecule is O=C1C2C(C(C3CCCCC3)N1Cc1ccc3c(c1)OCO3)C1CCCN1C2c1ccc(Br)cc1. The fraction of sp³-hybridized carbons (Fsp3) is 0.552. The van der Waals surface area contributed by atoms with Gasteiger partial charge in [-0.05, 0) is 73.5 Å². The van der Waals surface area contributed by atoms with E-state index < -0.39 is 0 Å². The molecule has 3 saturated heterocycles. The molecule has 4 aliphatic heterocycles. The Labute approximate surface area is 215 Å². The normalized spacial score (nSPS) is 32.3. The average Bonchev–Trinajstić information content (AvgIpc) is 3.64. The van der Waals surface area contributed by atoms with Crippen molar-refractivity contribution >= 4 is 21.8 Å². The summed E-state index contributed by atoms with van der Waals surface area (Å²) in [5, 5.41) is 0. The maximum Gasteiger partial charge on any atom is 0.231 e. The molecular weight excluding hydrogens is 504 g/mol. The van der Waals surface area contributed by atoms with Crippen LogP contribution in [-0.2, 0) is 11.3 Å². The monoisotopic (exact) mass is 536 g/mol. The van der Waals surface area contributed by atoms with Gasteiger partial charge in [0.05, 0.1) is 5.92 Å². The van der Waals surface area contributed by atoms with Crippen LogP contribution in [0.5, 0.6) is 11.5 Å². The van der Waals surface area contributed by atoms with Crippen LogP contribution in [0.1, 0.15) is 62.1 Å². The molecule has 0 spiro atoms. The highest BCUT2D eigenvalue weighted by molar-refractivity contribution is 9.10. The third kappa shape index (κ3) is 3.62.